The van der Waals surface area contributed by atoms with Gasteiger partial charge in [0.1, 0.15) is 46.7 Å². The normalized spacial score (nSPS) is 18.2. The van der Waals surface area contributed by atoms with Gasteiger partial charge in [-0.1, -0.05) is 23.8 Å². The fraction of sp³-hybridized carbons (Fsp3) is 0.375. The van der Waals surface area contributed by atoms with Gasteiger partial charge >= 0.3 is 6.18 Å². The summed E-state index contributed by atoms with van der Waals surface area (Å²) in [4.78, 5) is 32.5. The zero-order valence-corrected chi connectivity index (χ0v) is 29.7. The summed E-state index contributed by atoms with van der Waals surface area (Å²) < 4.78 is 76.6. The molecule has 270 valence electrons. The number of Topliss-reactive ketones (excluding diaryl/α,β-unsaturated/α-hetero) is 1. The zero-order valence-electron chi connectivity index (χ0n) is 29.7. The number of nitrogens with zero attached hydrogens (tertiary/aromatic N) is 2. The lowest BCUT2D eigenvalue weighted by Gasteiger charge is -2.18. The molecule has 0 spiro atoms. The summed E-state index contributed by atoms with van der Waals surface area (Å²) >= 11 is 0. The van der Waals surface area contributed by atoms with Crippen LogP contribution in [0.3, 0.4) is 0 Å². The number of fused-ring (bicyclic) bond motifs is 1. The highest BCUT2D eigenvalue weighted by Gasteiger charge is 2.36. The van der Waals surface area contributed by atoms with Crippen LogP contribution in [-0.4, -0.2) is 43.9 Å². The van der Waals surface area contributed by atoms with E-state index in [0.29, 0.717) is 5.57 Å². The van der Waals surface area contributed by atoms with Crippen molar-refractivity contribution < 1.29 is 41.4 Å². The van der Waals surface area contributed by atoms with E-state index in [1.54, 1.807) is 20.0 Å². The summed E-state index contributed by atoms with van der Waals surface area (Å²) in [5.74, 6) is -1.91. The number of halogens is 4. The third-order valence-electron chi connectivity index (χ3n) is 9.39. The number of carbonyl (C=O) groups excluding carboxylic acids is 2. The molecule has 0 bridgehead atoms. The van der Waals surface area contributed by atoms with Gasteiger partial charge < -0.3 is 19.1 Å². The van der Waals surface area contributed by atoms with Gasteiger partial charge in [0.15, 0.2) is 5.78 Å². The minimum absolute atomic E-state index is 0.00937. The van der Waals surface area contributed by atoms with Crippen LogP contribution in [0.5, 0.6) is 23.0 Å². The molecular weight excluding hydrogens is 664 g/mol. The summed E-state index contributed by atoms with van der Waals surface area (Å²) in [7, 11) is 2.91. The second kappa shape index (κ2) is 15.5. The molecule has 5 rings (SSSR count). The first-order chi connectivity index (χ1) is 24.2. The first kappa shape index (κ1) is 37.3. The predicted molar refractivity (Wildman–Crippen MR) is 186 cm³/mol. The molecule has 3 aromatic rings. The number of ketones is 1. The van der Waals surface area contributed by atoms with E-state index in [4.69, 9.17) is 14.2 Å². The van der Waals surface area contributed by atoms with Crippen molar-refractivity contribution in [3.63, 3.8) is 0 Å². The number of carbonyl (C=O) groups is 2. The summed E-state index contributed by atoms with van der Waals surface area (Å²) in [6, 6.07) is 9.12. The first-order valence-corrected chi connectivity index (χ1v) is 16.9. The molecule has 1 heterocycles. The SMILES string of the molecule is CC=C1CCCC(C=C(C)C(=O)c2cc(OC)c(N=c3cc(C)c(Oc4cccc5c4C(=O)N(C)CCO5)c(C(F)(F)F)cc3C)cc2F)CC1. The van der Waals surface area contributed by atoms with E-state index in [1.165, 1.54) is 55.7 Å². The molecule has 1 fully saturated rings. The molecule has 11 heteroatoms. The lowest BCUT2D eigenvalue weighted by molar-refractivity contribution is -0.138. The van der Waals surface area contributed by atoms with Crippen molar-refractivity contribution in [3.05, 3.63) is 105 Å². The van der Waals surface area contributed by atoms with Crippen molar-refractivity contribution in [3.8, 4) is 23.0 Å². The standard InChI is InChI=1S/C40H42F4N2O5/c1-7-26-10-8-11-27(15-14-26)18-24(3)37(47)28-21-35(49-6)32(22-30(28)41)45-31-20-25(4)38(29(19-23(31)2)40(42,43)44)51-34-13-9-12-33-36(34)39(48)46(5)16-17-50-33/h7,9,12-13,18-22,27H,8,10-11,14-17H2,1-6H3. The zero-order chi connectivity index (χ0) is 37.0. The molecule has 3 aromatic carbocycles. The number of ether oxygens (including phenoxy) is 3. The number of likely N-dealkylation sites (N-methyl/N-ethyl adjacent to an activating group) is 1. The second-order valence-corrected chi connectivity index (χ2v) is 13.0. The van der Waals surface area contributed by atoms with Gasteiger partial charge in [-0.2, -0.15) is 13.2 Å². The van der Waals surface area contributed by atoms with Crippen LogP contribution < -0.4 is 19.6 Å². The molecule has 1 saturated carbocycles. The van der Waals surface area contributed by atoms with E-state index < -0.39 is 35.0 Å². The van der Waals surface area contributed by atoms with Gasteiger partial charge in [-0.3, -0.25) is 9.59 Å². The summed E-state index contributed by atoms with van der Waals surface area (Å²) in [6.07, 6.45) is 4.11. The molecule has 0 radical (unpaired) electrons. The average Bonchev–Trinajstić information content (AvgIpc) is 3.45. The minimum atomic E-state index is -4.85. The maximum absolute atomic E-state index is 15.6. The Labute approximate surface area is 295 Å². The highest BCUT2D eigenvalue weighted by atomic mass is 19.4. The lowest BCUT2D eigenvalue weighted by Crippen LogP contribution is -2.28. The molecule has 51 heavy (non-hydrogen) atoms. The van der Waals surface area contributed by atoms with Crippen molar-refractivity contribution in [2.45, 2.75) is 66.0 Å². The maximum atomic E-state index is 15.6. The van der Waals surface area contributed by atoms with Crippen molar-refractivity contribution in [2.75, 3.05) is 27.3 Å². The molecular formula is C40H42F4N2O5. The van der Waals surface area contributed by atoms with E-state index in [0.717, 1.165) is 44.2 Å². The highest BCUT2D eigenvalue weighted by molar-refractivity contribution is 6.09. The fourth-order valence-corrected chi connectivity index (χ4v) is 6.47. The van der Waals surface area contributed by atoms with Crippen LogP contribution in [0.25, 0.3) is 0 Å². The van der Waals surface area contributed by atoms with Gasteiger partial charge in [0.05, 0.1) is 30.1 Å². The topological polar surface area (TPSA) is 77.4 Å². The fourth-order valence-electron chi connectivity index (χ4n) is 6.47. The molecule has 7 nitrogen and oxygen atoms in total. The van der Waals surface area contributed by atoms with Crippen molar-refractivity contribution in [2.24, 2.45) is 10.9 Å². The third-order valence-corrected chi connectivity index (χ3v) is 9.39. The van der Waals surface area contributed by atoms with Gasteiger partial charge in [-0.05, 0) is 113 Å². The third kappa shape index (κ3) is 8.35. The first-order valence-electron chi connectivity index (χ1n) is 16.9. The molecule has 1 unspecified atom stereocenters. The highest BCUT2D eigenvalue weighted by Crippen LogP contribution is 2.42. The monoisotopic (exact) mass is 706 g/mol. The van der Waals surface area contributed by atoms with Crippen molar-refractivity contribution >= 4 is 17.4 Å². The number of alkyl halides is 3. The van der Waals surface area contributed by atoms with Crippen molar-refractivity contribution in [1.82, 2.24) is 4.90 Å². The molecule has 1 aliphatic carbocycles. The van der Waals surface area contributed by atoms with Gasteiger partial charge in [-0.15, -0.1) is 0 Å². The van der Waals surface area contributed by atoms with Gasteiger partial charge in [0.25, 0.3) is 5.91 Å². The molecule has 0 N–H and O–H groups in total. The predicted octanol–water partition coefficient (Wildman–Crippen LogP) is 9.61. The van der Waals surface area contributed by atoms with E-state index >= 15 is 4.39 Å². The Morgan fingerprint density at radius 3 is 2.53 bits per heavy atom. The smallest absolute Gasteiger partial charge is 0.420 e. The molecule has 1 aliphatic heterocycles. The van der Waals surface area contributed by atoms with E-state index in [-0.39, 0.29) is 69.6 Å². The van der Waals surface area contributed by atoms with Crippen LogP contribution in [0.4, 0.5) is 23.2 Å². The lowest BCUT2D eigenvalue weighted by atomic mass is 9.94. The Kier molecular flexibility index (Phi) is 11.4. The minimum Gasteiger partial charge on any atom is -0.494 e. The Bertz CT molecular complexity index is 1980. The quantitative estimate of drug-likeness (QED) is 0.0804. The largest absolute Gasteiger partial charge is 0.494 e. The number of allylic oxidation sites excluding steroid dienone is 4. The molecule has 0 saturated heterocycles. The molecule has 1 atom stereocenters. The summed E-state index contributed by atoms with van der Waals surface area (Å²) in [5.41, 5.74) is 0.712. The van der Waals surface area contributed by atoms with Gasteiger partial charge in [0, 0.05) is 13.1 Å². The second-order valence-electron chi connectivity index (χ2n) is 13.0. The number of hydrogen-bond donors (Lipinski definition) is 0. The Morgan fingerprint density at radius 1 is 1.06 bits per heavy atom. The van der Waals surface area contributed by atoms with Crippen LogP contribution in [0.15, 0.2) is 70.8 Å². The average molecular weight is 707 g/mol. The number of rotatable bonds is 7. The number of amides is 1. The molecule has 0 aromatic heterocycles. The van der Waals surface area contributed by atoms with Crippen LogP contribution in [0.1, 0.15) is 83.4 Å². The van der Waals surface area contributed by atoms with Gasteiger partial charge in [-0.25, -0.2) is 9.38 Å². The van der Waals surface area contributed by atoms with Crippen LogP contribution >= 0.6 is 0 Å². The van der Waals surface area contributed by atoms with Crippen LogP contribution in [0.2, 0.25) is 0 Å². The summed E-state index contributed by atoms with van der Waals surface area (Å²) in [5, 5.41) is 0.0839. The Hall–Kier alpha value is -4.93. The Morgan fingerprint density at radius 2 is 1.82 bits per heavy atom. The van der Waals surface area contributed by atoms with Crippen LogP contribution in [-0.2, 0) is 6.18 Å². The Balaban J connectivity index is 1.56. The molecule has 1 amide bonds. The van der Waals surface area contributed by atoms with E-state index in [1.807, 2.05) is 13.0 Å². The number of aryl methyl sites for hydroxylation is 2. The van der Waals surface area contributed by atoms with Gasteiger partial charge in [0.2, 0.25) is 0 Å². The summed E-state index contributed by atoms with van der Waals surface area (Å²) in [6.45, 7) is 7.09. The maximum Gasteiger partial charge on any atom is 0.420 e. The van der Waals surface area contributed by atoms with E-state index in [2.05, 4.69) is 11.1 Å². The van der Waals surface area contributed by atoms with Crippen LogP contribution in [0, 0.1) is 25.6 Å². The molecule has 2 aliphatic rings. The number of benzene rings is 2. The number of hydrogen-bond acceptors (Lipinski definition) is 6. The number of methoxy groups -OCH3 is 1. The van der Waals surface area contributed by atoms with E-state index in [9.17, 15) is 22.8 Å². The van der Waals surface area contributed by atoms with Crippen molar-refractivity contribution in [1.29, 1.82) is 0 Å².